The van der Waals surface area contributed by atoms with E-state index in [2.05, 4.69) is 0 Å². The second-order valence-electron chi connectivity index (χ2n) is 3.85. The number of aliphatic hydroxyl groups is 2. The van der Waals surface area contributed by atoms with Gasteiger partial charge in [-0.15, -0.1) is 0 Å². The molecule has 0 aromatic heterocycles. The lowest BCUT2D eigenvalue weighted by Crippen LogP contribution is -2.58. The summed E-state index contributed by atoms with van der Waals surface area (Å²) >= 11 is 0. The number of rotatable bonds is 4. The number of hydrogen-bond donors (Lipinski definition) is 2. The molecule has 0 aliphatic carbocycles. The topological polar surface area (TPSA) is 91.7 Å². The summed E-state index contributed by atoms with van der Waals surface area (Å²) in [6, 6.07) is 0. The van der Waals surface area contributed by atoms with E-state index in [9.17, 15) is 23.4 Å². The first-order chi connectivity index (χ1) is 5.90. The van der Waals surface area contributed by atoms with E-state index >= 15 is 0 Å². The van der Waals surface area contributed by atoms with Crippen molar-refractivity contribution in [1.82, 2.24) is 0 Å². The van der Waals surface area contributed by atoms with E-state index in [0.717, 1.165) is 6.26 Å². The maximum Gasteiger partial charge on any atom is 0.183 e. The van der Waals surface area contributed by atoms with Crippen molar-refractivity contribution in [3.63, 3.8) is 0 Å². The number of sulfone groups is 1. The molecule has 0 aromatic carbocycles. The minimum absolute atomic E-state index is 0.800. The minimum Gasteiger partial charge on any atom is -0.387 e. The molecule has 2 unspecified atom stereocenters. The molecule has 0 aliphatic heterocycles. The summed E-state index contributed by atoms with van der Waals surface area (Å²) in [6.07, 6.45) is 0.886. The van der Waals surface area contributed by atoms with E-state index < -0.39 is 32.3 Å². The van der Waals surface area contributed by atoms with Gasteiger partial charge in [-0.2, -0.15) is 0 Å². The summed E-state index contributed by atoms with van der Waals surface area (Å²) in [6.45, 7) is 2.36. The fraction of sp³-hybridized carbons (Fsp3) is 0.857. The number of carbonyl (C=O) groups excluding carboxylic acids is 1. The molecule has 2 atom stereocenters. The second-order valence-corrected chi connectivity index (χ2v) is 6.52. The van der Waals surface area contributed by atoms with E-state index in [0.29, 0.717) is 0 Å². The van der Waals surface area contributed by atoms with Crippen LogP contribution in [0.3, 0.4) is 0 Å². The van der Waals surface area contributed by atoms with Crippen LogP contribution in [0.4, 0.5) is 0 Å². The SMILES string of the molecule is CC(C)(O)C(O)(CS(C)(=O)=O)C(=O)P. The van der Waals surface area contributed by atoms with Gasteiger partial charge in [-0.25, -0.2) is 8.42 Å². The zero-order valence-electron chi connectivity index (χ0n) is 8.31. The van der Waals surface area contributed by atoms with Gasteiger partial charge < -0.3 is 10.2 Å². The molecule has 2 N–H and O–H groups in total. The molecule has 0 spiro atoms. The average Bonchev–Trinajstić information content (AvgIpc) is 1.79. The highest BCUT2D eigenvalue weighted by atomic mass is 32.2. The maximum absolute atomic E-state index is 11.1. The summed E-state index contributed by atoms with van der Waals surface area (Å²) in [5.41, 5.74) is -4.95. The van der Waals surface area contributed by atoms with Crippen LogP contribution in [-0.2, 0) is 14.6 Å². The van der Waals surface area contributed by atoms with E-state index in [1.54, 1.807) is 9.24 Å². The van der Waals surface area contributed by atoms with Crippen LogP contribution in [-0.4, -0.2) is 47.4 Å². The van der Waals surface area contributed by atoms with E-state index in [4.69, 9.17) is 0 Å². The molecule has 84 valence electrons. The molecule has 0 saturated heterocycles. The van der Waals surface area contributed by atoms with Crippen molar-refractivity contribution in [3.05, 3.63) is 0 Å². The van der Waals surface area contributed by atoms with Crippen molar-refractivity contribution in [2.45, 2.75) is 25.0 Å². The van der Waals surface area contributed by atoms with Gasteiger partial charge in [0.15, 0.2) is 21.0 Å². The van der Waals surface area contributed by atoms with Crippen molar-refractivity contribution in [1.29, 1.82) is 0 Å². The summed E-state index contributed by atoms with van der Waals surface area (Å²) < 4.78 is 21.9. The number of hydrogen-bond acceptors (Lipinski definition) is 5. The molecule has 0 fully saturated rings. The average molecular weight is 242 g/mol. The Morgan fingerprint density at radius 3 is 1.79 bits per heavy atom. The minimum atomic E-state index is -3.55. The van der Waals surface area contributed by atoms with Crippen molar-refractivity contribution in [2.75, 3.05) is 12.0 Å². The molecule has 0 aromatic rings. The van der Waals surface area contributed by atoms with Crippen molar-refractivity contribution in [2.24, 2.45) is 0 Å². The van der Waals surface area contributed by atoms with Crippen LogP contribution in [0.1, 0.15) is 13.8 Å². The largest absolute Gasteiger partial charge is 0.387 e. The predicted octanol–water partition coefficient (Wildman–Crippen LogP) is -1.07. The lowest BCUT2D eigenvalue weighted by Gasteiger charge is -2.35. The van der Waals surface area contributed by atoms with E-state index in [-0.39, 0.29) is 0 Å². The zero-order valence-corrected chi connectivity index (χ0v) is 10.3. The van der Waals surface area contributed by atoms with Crippen molar-refractivity contribution >= 4 is 24.6 Å². The van der Waals surface area contributed by atoms with Crippen LogP contribution in [0, 0.1) is 0 Å². The third-order valence-corrected chi connectivity index (χ3v) is 3.31. The summed E-state index contributed by atoms with van der Waals surface area (Å²) in [5.74, 6) is -0.800. The van der Waals surface area contributed by atoms with Gasteiger partial charge >= 0.3 is 0 Å². The molecule has 7 heteroatoms. The smallest absolute Gasteiger partial charge is 0.183 e. The second kappa shape index (κ2) is 3.85. The van der Waals surface area contributed by atoms with Gasteiger partial charge in [0, 0.05) is 6.26 Å². The Kier molecular flexibility index (Phi) is 3.84. The maximum atomic E-state index is 11.1. The normalized spacial score (nSPS) is 17.6. The molecule has 0 saturated carbocycles. The van der Waals surface area contributed by atoms with Crippen molar-refractivity contribution in [3.8, 4) is 0 Å². The van der Waals surface area contributed by atoms with Gasteiger partial charge in [-0.3, -0.25) is 4.79 Å². The molecule has 0 amide bonds. The first kappa shape index (κ1) is 14.0. The van der Waals surface area contributed by atoms with Gasteiger partial charge in [0.1, 0.15) is 0 Å². The Hall–Kier alpha value is -0.0300. The molecular weight excluding hydrogens is 227 g/mol. The highest BCUT2D eigenvalue weighted by Gasteiger charge is 2.49. The third-order valence-electron chi connectivity index (χ3n) is 1.89. The highest BCUT2D eigenvalue weighted by Crippen LogP contribution is 2.26. The molecule has 0 rings (SSSR count). The zero-order chi connectivity index (χ0) is 11.8. The van der Waals surface area contributed by atoms with Crippen LogP contribution in [0.15, 0.2) is 0 Å². The first-order valence-corrected chi connectivity index (χ1v) is 6.46. The molecule has 5 nitrogen and oxygen atoms in total. The van der Waals surface area contributed by atoms with E-state index in [1.807, 2.05) is 0 Å². The molecule has 0 bridgehead atoms. The Bertz CT molecular complexity index is 328. The van der Waals surface area contributed by atoms with Gasteiger partial charge in [0.2, 0.25) is 0 Å². The monoisotopic (exact) mass is 242 g/mol. The molecule has 0 radical (unpaired) electrons. The van der Waals surface area contributed by atoms with Crippen molar-refractivity contribution < 1.29 is 23.4 Å². The quantitative estimate of drug-likeness (QED) is 0.613. The highest BCUT2D eigenvalue weighted by molar-refractivity contribution is 7.90. The van der Waals surface area contributed by atoms with Gasteiger partial charge in [-0.05, 0) is 13.8 Å². The van der Waals surface area contributed by atoms with Gasteiger partial charge in [0.25, 0.3) is 0 Å². The van der Waals surface area contributed by atoms with Gasteiger partial charge in [-0.1, -0.05) is 9.24 Å². The Morgan fingerprint density at radius 1 is 1.36 bits per heavy atom. The number of carbonyl (C=O) groups is 1. The summed E-state index contributed by atoms with van der Waals surface area (Å²) in [7, 11) is -1.87. The van der Waals surface area contributed by atoms with Gasteiger partial charge in [0.05, 0.1) is 11.4 Å². The summed E-state index contributed by atoms with van der Waals surface area (Å²) in [4.78, 5) is 11.1. The lowest BCUT2D eigenvalue weighted by atomic mass is 9.89. The van der Waals surface area contributed by atoms with Crippen LogP contribution in [0.2, 0.25) is 0 Å². The van der Waals surface area contributed by atoms with Crippen LogP contribution in [0.25, 0.3) is 0 Å². The molecular formula is C7H15O5PS. The molecule has 0 aliphatic rings. The Labute approximate surface area is 85.6 Å². The Balaban J connectivity index is 5.25. The fourth-order valence-electron chi connectivity index (χ4n) is 0.929. The lowest BCUT2D eigenvalue weighted by molar-refractivity contribution is -0.151. The van der Waals surface area contributed by atoms with Crippen LogP contribution in [0.5, 0.6) is 0 Å². The predicted molar refractivity (Wildman–Crippen MR) is 55.7 cm³/mol. The first-order valence-electron chi connectivity index (χ1n) is 3.82. The Morgan fingerprint density at radius 2 is 1.71 bits per heavy atom. The standard InChI is InChI=1S/C7H15O5PS/c1-6(2,9)7(10,5(8)13)4-14(3,11)12/h9-10H,4,13H2,1-3H3. The molecule has 0 heterocycles. The van der Waals surface area contributed by atoms with E-state index in [1.165, 1.54) is 13.8 Å². The molecule has 14 heavy (non-hydrogen) atoms. The fourth-order valence-corrected chi connectivity index (χ4v) is 2.79. The van der Waals surface area contributed by atoms with Crippen LogP contribution < -0.4 is 0 Å². The third kappa shape index (κ3) is 3.28. The summed E-state index contributed by atoms with van der Waals surface area (Å²) in [5, 5.41) is 19.3. The van der Waals surface area contributed by atoms with Crippen LogP contribution >= 0.6 is 9.24 Å².